The van der Waals surface area contributed by atoms with Crippen molar-refractivity contribution in [3.63, 3.8) is 0 Å². The molecule has 0 aliphatic carbocycles. The Hall–Kier alpha value is -3.34. The van der Waals surface area contributed by atoms with E-state index in [2.05, 4.69) is 20.1 Å². The molecule has 0 aromatic heterocycles. The molecule has 0 heterocycles. The van der Waals surface area contributed by atoms with Crippen molar-refractivity contribution in [2.24, 2.45) is 0 Å². The molecule has 5 nitrogen and oxygen atoms in total. The highest BCUT2D eigenvalue weighted by molar-refractivity contribution is 6.00. The van der Waals surface area contributed by atoms with Gasteiger partial charge in [-0.3, -0.25) is 4.79 Å². The van der Waals surface area contributed by atoms with Crippen LogP contribution in [-0.4, -0.2) is 32.0 Å². The van der Waals surface area contributed by atoms with E-state index in [0.29, 0.717) is 53.6 Å². The minimum atomic E-state index is -0.527. The topological polar surface area (TPSA) is 55.8 Å². The molecule has 0 amide bonds. The molecule has 2 rings (SSSR count). The van der Waals surface area contributed by atoms with Crippen molar-refractivity contribution in [3.05, 3.63) is 78.4 Å². The summed E-state index contributed by atoms with van der Waals surface area (Å²) in [7, 11) is 0. The van der Waals surface area contributed by atoms with Crippen LogP contribution in [0.5, 0.6) is 11.5 Å². The van der Waals surface area contributed by atoms with E-state index < -0.39 is 5.97 Å². The second-order valence-electron chi connectivity index (χ2n) is 6.82. The monoisotopic (exact) mass is 407 g/mol. The third-order valence-electron chi connectivity index (χ3n) is 4.59. The number of unbranched alkanes of at least 4 members (excludes halogenated alkanes) is 1. The highest BCUT2D eigenvalue weighted by atomic mass is 16.5. The molecule has 0 aliphatic heterocycles. The first-order valence-electron chi connectivity index (χ1n) is 10.1. The van der Waals surface area contributed by atoms with Gasteiger partial charge in [-0.15, -0.1) is 13.2 Å². The number of nitrogens with zero attached hydrogens (tertiary/aromatic N) is 1. The van der Waals surface area contributed by atoms with Gasteiger partial charge in [-0.25, -0.2) is 4.79 Å². The molecule has 0 fully saturated rings. The van der Waals surface area contributed by atoms with E-state index in [9.17, 15) is 9.59 Å². The van der Waals surface area contributed by atoms with Crippen molar-refractivity contribution in [2.45, 2.75) is 26.7 Å². The molecule has 158 valence electrons. The van der Waals surface area contributed by atoms with E-state index in [-0.39, 0.29) is 0 Å². The van der Waals surface area contributed by atoms with E-state index in [1.165, 1.54) is 0 Å². The van der Waals surface area contributed by atoms with Crippen LogP contribution in [0.1, 0.15) is 46.0 Å². The van der Waals surface area contributed by atoms with Crippen LogP contribution < -0.4 is 14.4 Å². The smallest absolute Gasteiger partial charge is 0.347 e. The van der Waals surface area contributed by atoms with Crippen molar-refractivity contribution in [1.82, 2.24) is 0 Å². The normalized spacial score (nSPS) is 10.2. The molecule has 0 spiro atoms. The van der Waals surface area contributed by atoms with Crippen LogP contribution in [0.15, 0.2) is 61.7 Å². The highest BCUT2D eigenvalue weighted by Crippen LogP contribution is 2.35. The highest BCUT2D eigenvalue weighted by Gasteiger charge is 2.25. The van der Waals surface area contributed by atoms with Crippen LogP contribution in [0.2, 0.25) is 0 Å². The van der Waals surface area contributed by atoms with Gasteiger partial charge >= 0.3 is 5.97 Å². The van der Waals surface area contributed by atoms with Gasteiger partial charge < -0.3 is 14.4 Å². The molecule has 2 aromatic carbocycles. The number of rotatable bonds is 12. The first kappa shape index (κ1) is 22.9. The maximum absolute atomic E-state index is 13.1. The lowest BCUT2D eigenvalue weighted by Gasteiger charge is -2.27. The molecular weight excluding hydrogens is 378 g/mol. The quantitative estimate of drug-likeness (QED) is 0.155. The number of carbonyl (C=O) groups is 2. The molecule has 0 saturated heterocycles. The van der Waals surface area contributed by atoms with E-state index in [0.717, 1.165) is 19.1 Å². The lowest BCUT2D eigenvalue weighted by molar-refractivity contribution is 0.0729. The number of aldehydes is 1. The summed E-state index contributed by atoms with van der Waals surface area (Å²) in [6, 6.07) is 10.5. The molecule has 0 saturated carbocycles. The van der Waals surface area contributed by atoms with Crippen LogP contribution in [0.25, 0.3) is 0 Å². The molecule has 30 heavy (non-hydrogen) atoms. The average Bonchev–Trinajstić information content (AvgIpc) is 2.74. The van der Waals surface area contributed by atoms with Crippen LogP contribution in [0.4, 0.5) is 5.69 Å². The predicted molar refractivity (Wildman–Crippen MR) is 121 cm³/mol. The van der Waals surface area contributed by atoms with Crippen LogP contribution in [-0.2, 0) is 0 Å². The van der Waals surface area contributed by atoms with Crippen LogP contribution >= 0.6 is 0 Å². The summed E-state index contributed by atoms with van der Waals surface area (Å²) in [6.07, 6.45) is 6.05. The number of hydrogen-bond acceptors (Lipinski definition) is 5. The number of hydrogen-bond donors (Lipinski definition) is 0. The SMILES string of the molecule is C=CCN(CC=C)c1c(C=O)cc(OCCCC)c(C(=O)Oc2ccccc2)c1C. The maximum atomic E-state index is 13.1. The minimum Gasteiger partial charge on any atom is -0.493 e. The summed E-state index contributed by atoms with van der Waals surface area (Å²) in [5, 5.41) is 0. The third-order valence-corrected chi connectivity index (χ3v) is 4.59. The molecule has 0 atom stereocenters. The molecule has 0 radical (unpaired) electrons. The first-order valence-corrected chi connectivity index (χ1v) is 10.1. The van der Waals surface area contributed by atoms with E-state index in [1.54, 1.807) is 49.4 Å². The Bertz CT molecular complexity index is 880. The Morgan fingerprint density at radius 2 is 1.80 bits per heavy atom. The lowest BCUT2D eigenvalue weighted by atomic mass is 9.99. The molecule has 0 aliphatic rings. The zero-order chi connectivity index (χ0) is 21.9. The number of anilines is 1. The summed E-state index contributed by atoms with van der Waals surface area (Å²) in [5.41, 5.74) is 2.02. The van der Waals surface area contributed by atoms with Gasteiger partial charge in [0.1, 0.15) is 17.1 Å². The van der Waals surface area contributed by atoms with Crippen molar-refractivity contribution in [1.29, 1.82) is 0 Å². The van der Waals surface area contributed by atoms with Crippen molar-refractivity contribution in [3.8, 4) is 11.5 Å². The maximum Gasteiger partial charge on any atom is 0.347 e. The fraction of sp³-hybridized carbons (Fsp3) is 0.280. The number of esters is 1. The van der Waals surface area contributed by atoms with Crippen molar-refractivity contribution >= 4 is 17.9 Å². The fourth-order valence-corrected chi connectivity index (χ4v) is 3.22. The number of para-hydroxylation sites is 1. The Balaban J connectivity index is 2.59. The van der Waals surface area contributed by atoms with Gasteiger partial charge in [-0.05, 0) is 37.1 Å². The summed E-state index contributed by atoms with van der Waals surface area (Å²) >= 11 is 0. The molecule has 5 heteroatoms. The van der Waals surface area contributed by atoms with E-state index in [1.807, 2.05) is 11.0 Å². The van der Waals surface area contributed by atoms with Crippen LogP contribution in [0.3, 0.4) is 0 Å². The number of ether oxygens (including phenoxy) is 2. The van der Waals surface area contributed by atoms with Crippen LogP contribution in [0, 0.1) is 6.92 Å². The van der Waals surface area contributed by atoms with Gasteiger partial charge in [-0.2, -0.15) is 0 Å². The number of benzene rings is 2. The second kappa shape index (κ2) is 11.6. The van der Waals surface area contributed by atoms with E-state index >= 15 is 0 Å². The Kier molecular flexibility index (Phi) is 8.88. The molecule has 0 unspecified atom stereocenters. The molecule has 0 N–H and O–H groups in total. The van der Waals surface area contributed by atoms with Gasteiger partial charge in [0.05, 0.1) is 12.3 Å². The van der Waals surface area contributed by atoms with E-state index in [4.69, 9.17) is 9.47 Å². The average molecular weight is 408 g/mol. The number of carbonyl (C=O) groups excluding carboxylic acids is 2. The lowest BCUT2D eigenvalue weighted by Crippen LogP contribution is -2.27. The standard InChI is InChI=1S/C25H29NO4/c1-5-8-16-29-22-17-20(18-27)24(26(14-6-2)15-7-3)19(4)23(22)25(28)30-21-12-10-9-11-13-21/h6-7,9-13,17-18H,2-3,5,8,14-16H2,1,4H3. The Morgan fingerprint density at radius 1 is 1.13 bits per heavy atom. The van der Waals surface area contributed by atoms with Gasteiger partial charge in [0.25, 0.3) is 0 Å². The van der Waals surface area contributed by atoms with Crippen molar-refractivity contribution in [2.75, 3.05) is 24.6 Å². The zero-order valence-electron chi connectivity index (χ0n) is 17.7. The Labute approximate surface area is 178 Å². The first-order chi connectivity index (χ1) is 14.6. The van der Waals surface area contributed by atoms with Crippen molar-refractivity contribution < 1.29 is 19.1 Å². The largest absolute Gasteiger partial charge is 0.493 e. The third kappa shape index (κ3) is 5.60. The summed E-state index contributed by atoms with van der Waals surface area (Å²) < 4.78 is 11.5. The van der Waals surface area contributed by atoms with Gasteiger partial charge in [0, 0.05) is 18.7 Å². The Morgan fingerprint density at radius 3 is 2.37 bits per heavy atom. The summed E-state index contributed by atoms with van der Waals surface area (Å²) in [6.45, 7) is 12.9. The molecule has 2 aromatic rings. The molecule has 0 bridgehead atoms. The summed E-state index contributed by atoms with van der Waals surface area (Å²) in [4.78, 5) is 27.0. The predicted octanol–water partition coefficient (Wildman–Crippen LogP) is 5.38. The fourth-order valence-electron chi connectivity index (χ4n) is 3.22. The summed E-state index contributed by atoms with van der Waals surface area (Å²) in [5.74, 6) is 0.266. The van der Waals surface area contributed by atoms with Gasteiger partial charge in [0.15, 0.2) is 6.29 Å². The second-order valence-corrected chi connectivity index (χ2v) is 6.82. The minimum absolute atomic E-state index is 0.314. The van der Waals surface area contributed by atoms with Gasteiger partial charge in [-0.1, -0.05) is 43.7 Å². The molecular formula is C25H29NO4. The van der Waals surface area contributed by atoms with Gasteiger partial charge in [0.2, 0.25) is 0 Å². The zero-order valence-corrected chi connectivity index (χ0v) is 17.7.